The molecule has 0 bridgehead atoms. The first-order valence-electron chi connectivity index (χ1n) is 11.3. The molecule has 6 nitrogen and oxygen atoms in total. The van der Waals surface area contributed by atoms with Crippen LogP contribution in [0.25, 0.3) is 0 Å². The van der Waals surface area contributed by atoms with Gasteiger partial charge in [0.15, 0.2) is 0 Å². The van der Waals surface area contributed by atoms with Crippen LogP contribution in [-0.2, 0) is 27.2 Å². The van der Waals surface area contributed by atoms with Crippen molar-refractivity contribution in [1.29, 1.82) is 0 Å². The summed E-state index contributed by atoms with van der Waals surface area (Å²) in [7, 11) is -2.39. The van der Waals surface area contributed by atoms with Gasteiger partial charge in [-0.25, -0.2) is 13.1 Å². The molecule has 2 aromatic carbocycles. The summed E-state index contributed by atoms with van der Waals surface area (Å²) >= 11 is 0. The minimum Gasteiger partial charge on any atom is -0.361 e. The number of unbranched alkanes of at least 4 members (excludes halogenated alkanes) is 1. The number of fused-ring (bicyclic) bond motifs is 1. The molecule has 1 N–H and O–H groups in total. The summed E-state index contributed by atoms with van der Waals surface area (Å²) < 4.78 is 39.7. The van der Waals surface area contributed by atoms with Crippen LogP contribution in [0.1, 0.15) is 37.3 Å². The van der Waals surface area contributed by atoms with Gasteiger partial charge in [0.2, 0.25) is 10.0 Å². The zero-order valence-electron chi connectivity index (χ0n) is 19.3. The third-order valence-corrected chi connectivity index (χ3v) is 8.69. The Balaban J connectivity index is 1.43. The van der Waals surface area contributed by atoms with Crippen molar-refractivity contribution >= 4 is 26.5 Å². The largest absolute Gasteiger partial charge is 0.361 e. The Kier molecular flexibility index (Phi) is 8.87. The molecule has 0 amide bonds. The minimum absolute atomic E-state index is 0.317. The molecule has 1 atom stereocenters. The molecule has 2 aromatic rings. The van der Waals surface area contributed by atoms with E-state index in [4.69, 9.17) is 0 Å². The smallest absolute Gasteiger partial charge is 0.240 e. The highest BCUT2D eigenvalue weighted by Gasteiger charge is 2.22. The van der Waals surface area contributed by atoms with Crippen molar-refractivity contribution in [2.24, 2.45) is 0 Å². The van der Waals surface area contributed by atoms with Crippen LogP contribution in [0.5, 0.6) is 0 Å². The number of anilines is 1. The molecule has 32 heavy (non-hydrogen) atoms. The number of sulfonamides is 1. The zero-order valence-corrected chi connectivity index (χ0v) is 21.0. The Labute approximate surface area is 195 Å². The molecule has 0 spiro atoms. The van der Waals surface area contributed by atoms with Gasteiger partial charge < -0.3 is 9.80 Å². The number of nitrogens with one attached hydrogen (secondary N) is 1. The van der Waals surface area contributed by atoms with Crippen molar-refractivity contribution in [1.82, 2.24) is 9.62 Å². The van der Waals surface area contributed by atoms with Crippen molar-refractivity contribution in [2.75, 3.05) is 44.0 Å². The van der Waals surface area contributed by atoms with E-state index in [1.807, 2.05) is 31.0 Å². The average molecular weight is 478 g/mol. The van der Waals surface area contributed by atoms with E-state index in [0.29, 0.717) is 17.3 Å². The number of nitrogens with zero attached hydrogens (tertiary/aromatic N) is 2. The van der Waals surface area contributed by atoms with Gasteiger partial charge in [0.05, 0.1) is 32.2 Å². The van der Waals surface area contributed by atoms with Gasteiger partial charge in [0, 0.05) is 20.1 Å². The Morgan fingerprint density at radius 1 is 1.06 bits per heavy atom. The lowest BCUT2D eigenvalue weighted by molar-refractivity contribution is 0.272. The molecule has 0 aromatic heterocycles. The van der Waals surface area contributed by atoms with Crippen LogP contribution in [0.2, 0.25) is 0 Å². The van der Waals surface area contributed by atoms with Crippen LogP contribution in [0.4, 0.5) is 5.69 Å². The Morgan fingerprint density at radius 3 is 2.53 bits per heavy atom. The van der Waals surface area contributed by atoms with Gasteiger partial charge in [-0.1, -0.05) is 30.7 Å². The Bertz CT molecular complexity index is 1020. The maximum Gasteiger partial charge on any atom is 0.240 e. The Hall–Kier alpha value is -1.74. The van der Waals surface area contributed by atoms with E-state index in [-0.39, 0.29) is 0 Å². The summed E-state index contributed by atoms with van der Waals surface area (Å²) in [6.07, 6.45) is 3.75. The predicted octanol–water partition coefficient (Wildman–Crippen LogP) is 3.52. The summed E-state index contributed by atoms with van der Waals surface area (Å²) in [5.74, 6) is 0.578. The monoisotopic (exact) mass is 477 g/mol. The van der Waals surface area contributed by atoms with Crippen LogP contribution < -0.4 is 9.62 Å². The second kappa shape index (κ2) is 11.4. The molecule has 8 heteroatoms. The van der Waals surface area contributed by atoms with Crippen molar-refractivity contribution in [3.05, 3.63) is 53.6 Å². The third kappa shape index (κ3) is 6.63. The maximum absolute atomic E-state index is 12.4. The van der Waals surface area contributed by atoms with Gasteiger partial charge in [-0.3, -0.25) is 4.21 Å². The highest BCUT2D eigenvalue weighted by Crippen LogP contribution is 2.31. The number of hydrogen-bond donors (Lipinski definition) is 1. The SMILES string of the molecule is CCCN(CCCCNS(=O)(=O)c1ccc(C)cc1)CCc1ccc2c(c1)S(=O)CN2C. The van der Waals surface area contributed by atoms with Gasteiger partial charge in [0.25, 0.3) is 0 Å². The van der Waals surface area contributed by atoms with E-state index in [0.717, 1.165) is 61.5 Å². The lowest BCUT2D eigenvalue weighted by Gasteiger charge is -2.22. The summed E-state index contributed by atoms with van der Waals surface area (Å²) in [5.41, 5.74) is 3.34. The molecule has 0 saturated carbocycles. The van der Waals surface area contributed by atoms with Crippen LogP contribution in [0, 0.1) is 6.92 Å². The standard InChI is InChI=1S/C24H35N3O3S2/c1-4-15-27(17-13-21-9-12-23-24(18-21)31(28)19-26(23)3)16-6-5-14-25-32(29,30)22-10-7-20(2)8-11-22/h7-12,18,25H,4-6,13-17,19H2,1-3H3. The summed E-state index contributed by atoms with van der Waals surface area (Å²) in [6.45, 7) is 7.48. The van der Waals surface area contributed by atoms with Crippen LogP contribution >= 0.6 is 0 Å². The van der Waals surface area contributed by atoms with Gasteiger partial charge in [-0.15, -0.1) is 0 Å². The van der Waals surface area contributed by atoms with Gasteiger partial charge in [0.1, 0.15) is 0 Å². The van der Waals surface area contributed by atoms with E-state index in [9.17, 15) is 12.6 Å². The number of benzene rings is 2. The average Bonchev–Trinajstić information content (AvgIpc) is 3.05. The van der Waals surface area contributed by atoms with E-state index in [1.54, 1.807) is 12.1 Å². The lowest BCUT2D eigenvalue weighted by Crippen LogP contribution is -2.29. The number of rotatable bonds is 12. The molecule has 1 heterocycles. The molecule has 0 fully saturated rings. The topological polar surface area (TPSA) is 69.7 Å². The fourth-order valence-corrected chi connectivity index (χ4v) is 6.38. The molecule has 0 saturated heterocycles. The minimum atomic E-state index is -3.44. The van der Waals surface area contributed by atoms with Gasteiger partial charge >= 0.3 is 0 Å². The third-order valence-electron chi connectivity index (χ3n) is 5.77. The molecule has 0 radical (unpaired) electrons. The molecular weight excluding hydrogens is 442 g/mol. The number of aryl methyl sites for hydroxylation is 1. The fourth-order valence-electron chi connectivity index (χ4n) is 3.93. The first-order valence-corrected chi connectivity index (χ1v) is 14.1. The van der Waals surface area contributed by atoms with E-state index < -0.39 is 20.8 Å². The van der Waals surface area contributed by atoms with Crippen LogP contribution in [0.3, 0.4) is 0 Å². The summed E-state index contributed by atoms with van der Waals surface area (Å²) in [4.78, 5) is 5.75. The quantitative estimate of drug-likeness (QED) is 0.474. The predicted molar refractivity (Wildman–Crippen MR) is 132 cm³/mol. The highest BCUT2D eigenvalue weighted by molar-refractivity contribution is 7.89. The van der Waals surface area contributed by atoms with E-state index >= 15 is 0 Å². The molecular formula is C24H35N3O3S2. The normalized spacial score (nSPS) is 16.0. The van der Waals surface area contributed by atoms with Crippen molar-refractivity contribution in [3.63, 3.8) is 0 Å². The van der Waals surface area contributed by atoms with Crippen molar-refractivity contribution < 1.29 is 12.6 Å². The second-order valence-corrected chi connectivity index (χ2v) is 11.6. The highest BCUT2D eigenvalue weighted by atomic mass is 32.2. The van der Waals surface area contributed by atoms with Crippen molar-refractivity contribution in [3.8, 4) is 0 Å². The number of hydrogen-bond acceptors (Lipinski definition) is 5. The fraction of sp³-hybridized carbons (Fsp3) is 0.500. The molecule has 176 valence electrons. The summed E-state index contributed by atoms with van der Waals surface area (Å²) in [6, 6.07) is 13.2. The lowest BCUT2D eigenvalue weighted by atomic mass is 10.1. The maximum atomic E-state index is 12.4. The molecule has 1 unspecified atom stereocenters. The van der Waals surface area contributed by atoms with Gasteiger partial charge in [-0.2, -0.15) is 0 Å². The second-order valence-electron chi connectivity index (χ2n) is 8.48. The Morgan fingerprint density at radius 2 is 1.81 bits per heavy atom. The van der Waals surface area contributed by atoms with Gasteiger partial charge in [-0.05, 0) is 75.5 Å². The first-order chi connectivity index (χ1) is 15.3. The molecule has 1 aliphatic heterocycles. The molecule has 0 aliphatic carbocycles. The zero-order chi connectivity index (χ0) is 23.1. The molecule has 3 rings (SSSR count). The van der Waals surface area contributed by atoms with Crippen molar-refractivity contribution in [2.45, 2.75) is 49.3 Å². The molecule has 1 aliphatic rings. The van der Waals surface area contributed by atoms with E-state index in [1.165, 1.54) is 5.56 Å². The van der Waals surface area contributed by atoms with Crippen LogP contribution in [0.15, 0.2) is 52.3 Å². The first kappa shape index (κ1) is 24.9. The summed E-state index contributed by atoms with van der Waals surface area (Å²) in [5, 5.41) is 0. The van der Waals surface area contributed by atoms with E-state index in [2.05, 4.69) is 34.7 Å². The van der Waals surface area contributed by atoms with Crippen LogP contribution in [-0.4, -0.2) is 56.6 Å².